The molecule has 3 aromatic rings. The SMILES string of the molecule is O=C(CCN1C(=O)C2CCCCC2C1=O)Nc1nc2ccccc2n1-c1ccccc1. The van der Waals surface area contributed by atoms with Gasteiger partial charge in [0.2, 0.25) is 23.7 Å². The van der Waals surface area contributed by atoms with Crippen LogP contribution in [0.1, 0.15) is 32.1 Å². The number of carbonyl (C=O) groups is 3. The highest BCUT2D eigenvalue weighted by Crippen LogP contribution is 2.38. The third-order valence-corrected chi connectivity index (χ3v) is 6.32. The number of imidazole rings is 1. The summed E-state index contributed by atoms with van der Waals surface area (Å²) in [6, 6.07) is 17.4. The molecule has 0 radical (unpaired) electrons. The fourth-order valence-electron chi connectivity index (χ4n) is 4.80. The van der Waals surface area contributed by atoms with Crippen LogP contribution in [0, 0.1) is 11.8 Å². The average molecular weight is 416 g/mol. The van der Waals surface area contributed by atoms with Crippen molar-refractivity contribution < 1.29 is 14.4 Å². The molecule has 1 N–H and O–H groups in total. The van der Waals surface area contributed by atoms with E-state index < -0.39 is 0 Å². The maximum Gasteiger partial charge on any atom is 0.233 e. The molecule has 0 spiro atoms. The lowest BCUT2D eigenvalue weighted by molar-refractivity contribution is -0.140. The Balaban J connectivity index is 1.33. The molecule has 2 unspecified atom stereocenters. The summed E-state index contributed by atoms with van der Waals surface area (Å²) in [5, 5.41) is 2.88. The first-order chi connectivity index (χ1) is 15.1. The zero-order valence-corrected chi connectivity index (χ0v) is 17.2. The Kier molecular flexibility index (Phi) is 5.02. The largest absolute Gasteiger partial charge is 0.296 e. The van der Waals surface area contributed by atoms with E-state index in [9.17, 15) is 14.4 Å². The van der Waals surface area contributed by atoms with Crippen LogP contribution in [0.2, 0.25) is 0 Å². The zero-order chi connectivity index (χ0) is 21.4. The van der Waals surface area contributed by atoms with Gasteiger partial charge in [-0.25, -0.2) is 4.98 Å². The Morgan fingerprint density at radius 1 is 0.935 bits per heavy atom. The smallest absolute Gasteiger partial charge is 0.233 e. The van der Waals surface area contributed by atoms with E-state index in [4.69, 9.17) is 0 Å². The molecule has 2 atom stereocenters. The number of amides is 3. The van der Waals surface area contributed by atoms with Crippen LogP contribution < -0.4 is 5.32 Å². The minimum Gasteiger partial charge on any atom is -0.296 e. The Bertz CT molecular complexity index is 1130. The van der Waals surface area contributed by atoms with Crippen LogP contribution >= 0.6 is 0 Å². The van der Waals surface area contributed by atoms with Gasteiger partial charge < -0.3 is 0 Å². The number of carbonyl (C=O) groups excluding carboxylic acids is 3. The van der Waals surface area contributed by atoms with Crippen LogP contribution in [0.25, 0.3) is 16.7 Å². The molecule has 3 amide bonds. The van der Waals surface area contributed by atoms with Gasteiger partial charge in [0, 0.05) is 18.7 Å². The molecule has 1 aromatic heterocycles. The highest BCUT2D eigenvalue weighted by molar-refractivity contribution is 6.05. The van der Waals surface area contributed by atoms with E-state index in [1.807, 2.05) is 59.2 Å². The third-order valence-electron chi connectivity index (χ3n) is 6.32. The van der Waals surface area contributed by atoms with E-state index in [-0.39, 0.29) is 42.5 Å². The van der Waals surface area contributed by atoms with Crippen LogP contribution in [0.5, 0.6) is 0 Å². The lowest BCUT2D eigenvalue weighted by atomic mass is 9.81. The summed E-state index contributed by atoms with van der Waals surface area (Å²) >= 11 is 0. The summed E-state index contributed by atoms with van der Waals surface area (Å²) in [7, 11) is 0. The van der Waals surface area contributed by atoms with Crippen molar-refractivity contribution in [3.63, 3.8) is 0 Å². The number of nitrogens with one attached hydrogen (secondary N) is 1. The molecule has 2 aliphatic rings. The Morgan fingerprint density at radius 2 is 1.58 bits per heavy atom. The predicted octanol–water partition coefficient (Wildman–Crippen LogP) is 3.53. The van der Waals surface area contributed by atoms with Gasteiger partial charge in [0.25, 0.3) is 0 Å². The molecule has 0 bridgehead atoms. The molecular formula is C24H24N4O3. The van der Waals surface area contributed by atoms with Crippen molar-refractivity contribution in [1.82, 2.24) is 14.5 Å². The van der Waals surface area contributed by atoms with Gasteiger partial charge in [0.15, 0.2) is 0 Å². The van der Waals surface area contributed by atoms with Gasteiger partial charge in [-0.3, -0.25) is 29.2 Å². The second-order valence-electron chi connectivity index (χ2n) is 8.22. The number of likely N-dealkylation sites (tertiary alicyclic amines) is 1. The van der Waals surface area contributed by atoms with Gasteiger partial charge in [0.1, 0.15) is 0 Å². The number of anilines is 1. The molecule has 7 nitrogen and oxygen atoms in total. The van der Waals surface area contributed by atoms with Crippen molar-refractivity contribution in [3.05, 3.63) is 54.6 Å². The molecule has 31 heavy (non-hydrogen) atoms. The van der Waals surface area contributed by atoms with E-state index in [0.717, 1.165) is 42.4 Å². The topological polar surface area (TPSA) is 84.3 Å². The van der Waals surface area contributed by atoms with Crippen molar-refractivity contribution in [2.45, 2.75) is 32.1 Å². The Hall–Kier alpha value is -3.48. The highest BCUT2D eigenvalue weighted by Gasteiger charge is 2.47. The van der Waals surface area contributed by atoms with Gasteiger partial charge in [-0.15, -0.1) is 0 Å². The fraction of sp³-hybridized carbons (Fsp3) is 0.333. The van der Waals surface area contributed by atoms with E-state index in [0.29, 0.717) is 5.95 Å². The summed E-state index contributed by atoms with van der Waals surface area (Å²) in [5.74, 6) is -0.454. The first kappa shape index (κ1) is 19.5. The zero-order valence-electron chi connectivity index (χ0n) is 17.2. The lowest BCUT2D eigenvalue weighted by Gasteiger charge is -2.19. The molecule has 1 aliphatic carbocycles. The fourth-order valence-corrected chi connectivity index (χ4v) is 4.80. The van der Waals surface area contributed by atoms with Crippen LogP contribution in [0.4, 0.5) is 5.95 Å². The number of aromatic nitrogens is 2. The van der Waals surface area contributed by atoms with Crippen molar-refractivity contribution in [3.8, 4) is 5.69 Å². The quantitative estimate of drug-likeness (QED) is 0.645. The number of benzene rings is 2. The molecule has 2 fully saturated rings. The van der Waals surface area contributed by atoms with Crippen LogP contribution in [0.3, 0.4) is 0 Å². The number of nitrogens with zero attached hydrogens (tertiary/aromatic N) is 3. The van der Waals surface area contributed by atoms with E-state index in [1.165, 1.54) is 4.90 Å². The lowest BCUT2D eigenvalue weighted by Crippen LogP contribution is -2.34. The summed E-state index contributed by atoms with van der Waals surface area (Å²) in [6.07, 6.45) is 3.58. The molecule has 1 saturated heterocycles. The number of hydrogen-bond acceptors (Lipinski definition) is 4. The van der Waals surface area contributed by atoms with Gasteiger partial charge >= 0.3 is 0 Å². The molecule has 5 rings (SSSR count). The monoisotopic (exact) mass is 416 g/mol. The minimum atomic E-state index is -0.275. The van der Waals surface area contributed by atoms with Crippen molar-refractivity contribution in [1.29, 1.82) is 0 Å². The Labute approximate surface area is 180 Å². The molecule has 1 aliphatic heterocycles. The van der Waals surface area contributed by atoms with E-state index in [2.05, 4.69) is 10.3 Å². The Morgan fingerprint density at radius 3 is 2.29 bits per heavy atom. The summed E-state index contributed by atoms with van der Waals surface area (Å²) < 4.78 is 1.90. The highest BCUT2D eigenvalue weighted by atomic mass is 16.2. The van der Waals surface area contributed by atoms with Crippen molar-refractivity contribution in [2.75, 3.05) is 11.9 Å². The van der Waals surface area contributed by atoms with Gasteiger partial charge in [-0.05, 0) is 37.1 Å². The maximum atomic E-state index is 12.7. The number of imide groups is 1. The number of hydrogen-bond donors (Lipinski definition) is 1. The first-order valence-corrected chi connectivity index (χ1v) is 10.8. The van der Waals surface area contributed by atoms with Crippen LogP contribution in [-0.4, -0.2) is 38.7 Å². The number of fused-ring (bicyclic) bond motifs is 2. The maximum absolute atomic E-state index is 12.7. The van der Waals surface area contributed by atoms with E-state index in [1.54, 1.807) is 0 Å². The second-order valence-corrected chi connectivity index (χ2v) is 8.22. The van der Waals surface area contributed by atoms with Crippen molar-refractivity contribution >= 4 is 34.7 Å². The molecular weight excluding hydrogens is 392 g/mol. The number of rotatable bonds is 5. The molecule has 2 aromatic carbocycles. The molecule has 7 heteroatoms. The molecule has 1 saturated carbocycles. The predicted molar refractivity (Wildman–Crippen MR) is 116 cm³/mol. The summed E-state index contributed by atoms with van der Waals surface area (Å²) in [5.41, 5.74) is 2.55. The second kappa shape index (κ2) is 7.98. The third kappa shape index (κ3) is 3.50. The van der Waals surface area contributed by atoms with Crippen LogP contribution in [-0.2, 0) is 14.4 Å². The molecule has 2 heterocycles. The standard InChI is InChI=1S/C24H24N4O3/c29-21(14-15-27-22(30)17-10-4-5-11-18(17)23(27)31)26-24-25-19-12-6-7-13-20(19)28(24)16-8-2-1-3-9-16/h1-3,6-9,12-13,17-18H,4-5,10-11,14-15H2,(H,25,26,29). The number of para-hydroxylation sites is 3. The van der Waals surface area contributed by atoms with Gasteiger partial charge in [-0.2, -0.15) is 0 Å². The van der Waals surface area contributed by atoms with E-state index >= 15 is 0 Å². The van der Waals surface area contributed by atoms with Crippen LogP contribution in [0.15, 0.2) is 54.6 Å². The normalized spacial score (nSPS) is 20.8. The summed E-state index contributed by atoms with van der Waals surface area (Å²) in [6.45, 7) is 0.113. The molecule has 158 valence electrons. The van der Waals surface area contributed by atoms with Gasteiger partial charge in [0.05, 0.1) is 22.9 Å². The minimum absolute atomic E-state index is 0.0505. The van der Waals surface area contributed by atoms with Gasteiger partial charge in [-0.1, -0.05) is 43.2 Å². The summed E-state index contributed by atoms with van der Waals surface area (Å²) in [4.78, 5) is 43.9. The first-order valence-electron chi connectivity index (χ1n) is 10.8. The average Bonchev–Trinajstić information content (AvgIpc) is 3.28. The van der Waals surface area contributed by atoms with Crippen molar-refractivity contribution in [2.24, 2.45) is 11.8 Å².